The second kappa shape index (κ2) is 4.33. The third-order valence-corrected chi connectivity index (χ3v) is 2.85. The quantitative estimate of drug-likeness (QED) is 0.666. The predicted molar refractivity (Wildman–Crippen MR) is 59.1 cm³/mol. The van der Waals surface area contributed by atoms with Crippen LogP contribution in [0.5, 0.6) is 0 Å². The maximum Gasteiger partial charge on any atom is 0.223 e. The van der Waals surface area contributed by atoms with Crippen LogP contribution in [0.2, 0.25) is 0 Å². The van der Waals surface area contributed by atoms with Crippen molar-refractivity contribution in [3.8, 4) is 0 Å². The molecule has 1 saturated heterocycles. The Morgan fingerprint density at radius 1 is 1.43 bits per heavy atom. The van der Waals surface area contributed by atoms with Gasteiger partial charge in [0.25, 0.3) is 0 Å². The Hall–Kier alpha value is -0.530. The average Bonchev–Trinajstić information content (AvgIpc) is 2.47. The minimum absolute atomic E-state index is 0.123. The minimum atomic E-state index is 0.123. The van der Waals surface area contributed by atoms with Crippen LogP contribution in [-0.2, 0) is 4.79 Å². The van der Waals surface area contributed by atoms with Gasteiger partial charge >= 0.3 is 0 Å². The van der Waals surface area contributed by atoms with E-state index in [4.69, 9.17) is 0 Å². The second-order valence-electron chi connectivity index (χ2n) is 5.53. The van der Waals surface area contributed by atoms with Crippen molar-refractivity contribution in [2.45, 2.75) is 59.4 Å². The first-order valence-corrected chi connectivity index (χ1v) is 5.73. The van der Waals surface area contributed by atoms with Crippen molar-refractivity contribution < 1.29 is 4.79 Å². The number of likely N-dealkylation sites (tertiary alicyclic amines) is 1. The SMILES string of the molecule is CCC1CCCN1C(=O)CC(C)(C)C. The summed E-state index contributed by atoms with van der Waals surface area (Å²) in [7, 11) is 0. The molecule has 0 aromatic rings. The van der Waals surface area contributed by atoms with Gasteiger partial charge in [-0.15, -0.1) is 0 Å². The lowest BCUT2D eigenvalue weighted by molar-refractivity contribution is -0.133. The van der Waals surface area contributed by atoms with Crippen molar-refractivity contribution in [1.82, 2.24) is 4.90 Å². The van der Waals surface area contributed by atoms with Gasteiger partial charge < -0.3 is 4.90 Å². The first kappa shape index (κ1) is 11.5. The van der Waals surface area contributed by atoms with Gasteiger partial charge in [0.1, 0.15) is 0 Å². The van der Waals surface area contributed by atoms with Crippen molar-refractivity contribution >= 4 is 5.91 Å². The van der Waals surface area contributed by atoms with Gasteiger partial charge in [-0.1, -0.05) is 27.7 Å². The molecule has 0 radical (unpaired) electrons. The molecule has 0 aromatic carbocycles. The van der Waals surface area contributed by atoms with E-state index in [1.54, 1.807) is 0 Å². The third kappa shape index (κ3) is 3.00. The molecule has 82 valence electrons. The zero-order chi connectivity index (χ0) is 10.8. The molecular weight excluding hydrogens is 174 g/mol. The molecule has 0 bridgehead atoms. The van der Waals surface area contributed by atoms with Crippen LogP contribution in [0.4, 0.5) is 0 Å². The topological polar surface area (TPSA) is 20.3 Å². The van der Waals surface area contributed by atoms with Crippen LogP contribution in [0.15, 0.2) is 0 Å². The van der Waals surface area contributed by atoms with Gasteiger partial charge in [0, 0.05) is 19.0 Å². The van der Waals surface area contributed by atoms with E-state index < -0.39 is 0 Å². The second-order valence-corrected chi connectivity index (χ2v) is 5.53. The van der Waals surface area contributed by atoms with Gasteiger partial charge in [0.2, 0.25) is 5.91 Å². The molecule has 14 heavy (non-hydrogen) atoms. The Bertz CT molecular complexity index is 205. The number of rotatable bonds is 2. The fraction of sp³-hybridized carbons (Fsp3) is 0.917. The minimum Gasteiger partial charge on any atom is -0.340 e. The van der Waals surface area contributed by atoms with Gasteiger partial charge in [-0.2, -0.15) is 0 Å². The number of carbonyl (C=O) groups excluding carboxylic acids is 1. The molecule has 2 heteroatoms. The number of hydrogen-bond acceptors (Lipinski definition) is 1. The van der Waals surface area contributed by atoms with E-state index in [-0.39, 0.29) is 5.41 Å². The summed E-state index contributed by atoms with van der Waals surface area (Å²) in [6.45, 7) is 9.53. The van der Waals surface area contributed by atoms with Crippen molar-refractivity contribution in [1.29, 1.82) is 0 Å². The Balaban J connectivity index is 2.52. The summed E-state index contributed by atoms with van der Waals surface area (Å²) in [5.74, 6) is 0.349. The summed E-state index contributed by atoms with van der Waals surface area (Å²) >= 11 is 0. The lowest BCUT2D eigenvalue weighted by atomic mass is 9.91. The van der Waals surface area contributed by atoms with E-state index in [1.165, 1.54) is 12.8 Å². The van der Waals surface area contributed by atoms with Gasteiger partial charge in [-0.3, -0.25) is 4.79 Å². The molecule has 1 aliphatic heterocycles. The predicted octanol–water partition coefficient (Wildman–Crippen LogP) is 2.82. The summed E-state index contributed by atoms with van der Waals surface area (Å²) in [4.78, 5) is 14.0. The van der Waals surface area contributed by atoms with Crippen molar-refractivity contribution in [3.63, 3.8) is 0 Å². The zero-order valence-corrected chi connectivity index (χ0v) is 9.97. The third-order valence-electron chi connectivity index (χ3n) is 2.85. The maximum atomic E-state index is 12.0. The van der Waals surface area contributed by atoms with E-state index >= 15 is 0 Å². The Kier molecular flexibility index (Phi) is 3.57. The monoisotopic (exact) mass is 197 g/mol. The molecule has 2 nitrogen and oxygen atoms in total. The van der Waals surface area contributed by atoms with Gasteiger partial charge in [-0.05, 0) is 24.7 Å². The van der Waals surface area contributed by atoms with Gasteiger partial charge in [-0.25, -0.2) is 0 Å². The molecular formula is C12H23NO. The summed E-state index contributed by atoms with van der Waals surface area (Å²) < 4.78 is 0. The van der Waals surface area contributed by atoms with Crippen LogP contribution in [0.25, 0.3) is 0 Å². The Morgan fingerprint density at radius 3 is 2.57 bits per heavy atom. The number of hydrogen-bond donors (Lipinski definition) is 0. The highest BCUT2D eigenvalue weighted by Crippen LogP contribution is 2.25. The van der Waals surface area contributed by atoms with Crippen LogP contribution in [0.1, 0.15) is 53.4 Å². The number of nitrogens with zero attached hydrogens (tertiary/aromatic N) is 1. The molecule has 1 fully saturated rings. The lowest BCUT2D eigenvalue weighted by Crippen LogP contribution is -2.37. The molecule has 1 unspecified atom stereocenters. The van der Waals surface area contributed by atoms with Crippen LogP contribution in [0, 0.1) is 5.41 Å². The first-order valence-electron chi connectivity index (χ1n) is 5.73. The highest BCUT2D eigenvalue weighted by molar-refractivity contribution is 5.77. The summed E-state index contributed by atoms with van der Waals surface area (Å²) in [6, 6.07) is 0.518. The molecule has 0 spiro atoms. The van der Waals surface area contributed by atoms with Gasteiger partial charge in [0.05, 0.1) is 0 Å². The summed E-state index contributed by atoms with van der Waals surface area (Å²) in [5, 5.41) is 0. The molecule has 0 saturated carbocycles. The molecule has 1 atom stereocenters. The fourth-order valence-corrected chi connectivity index (χ4v) is 2.14. The van der Waals surface area contributed by atoms with E-state index in [9.17, 15) is 4.79 Å². The van der Waals surface area contributed by atoms with Crippen LogP contribution in [-0.4, -0.2) is 23.4 Å². The Labute approximate surface area is 87.7 Å². The van der Waals surface area contributed by atoms with Crippen molar-refractivity contribution in [3.05, 3.63) is 0 Å². The fourth-order valence-electron chi connectivity index (χ4n) is 2.14. The molecule has 1 heterocycles. The zero-order valence-electron chi connectivity index (χ0n) is 9.97. The smallest absolute Gasteiger partial charge is 0.223 e. The number of carbonyl (C=O) groups is 1. The van der Waals surface area contributed by atoms with Crippen molar-refractivity contribution in [2.75, 3.05) is 6.54 Å². The molecule has 0 N–H and O–H groups in total. The standard InChI is InChI=1S/C12H23NO/c1-5-10-7-6-8-13(10)11(14)9-12(2,3)4/h10H,5-9H2,1-4H3. The summed E-state index contributed by atoms with van der Waals surface area (Å²) in [6.07, 6.45) is 4.18. The molecule has 0 aromatic heterocycles. The maximum absolute atomic E-state index is 12.0. The van der Waals surface area contributed by atoms with Crippen LogP contribution in [0.3, 0.4) is 0 Å². The van der Waals surface area contributed by atoms with E-state index in [1.807, 2.05) is 0 Å². The molecule has 1 aliphatic rings. The van der Waals surface area contributed by atoms with E-state index in [0.717, 1.165) is 13.0 Å². The normalized spacial score (nSPS) is 22.9. The highest BCUT2D eigenvalue weighted by atomic mass is 16.2. The largest absolute Gasteiger partial charge is 0.340 e. The van der Waals surface area contributed by atoms with E-state index in [0.29, 0.717) is 18.4 Å². The average molecular weight is 197 g/mol. The number of amides is 1. The Morgan fingerprint density at radius 2 is 2.07 bits per heavy atom. The van der Waals surface area contributed by atoms with Crippen molar-refractivity contribution in [2.24, 2.45) is 5.41 Å². The summed E-state index contributed by atoms with van der Waals surface area (Å²) in [5.41, 5.74) is 0.123. The molecule has 1 amide bonds. The highest BCUT2D eigenvalue weighted by Gasteiger charge is 2.29. The molecule has 0 aliphatic carbocycles. The lowest BCUT2D eigenvalue weighted by Gasteiger charge is -2.27. The molecule has 1 rings (SSSR count). The first-order chi connectivity index (χ1) is 6.44. The van der Waals surface area contributed by atoms with Crippen LogP contribution >= 0.6 is 0 Å². The van der Waals surface area contributed by atoms with Crippen LogP contribution < -0.4 is 0 Å². The van der Waals surface area contributed by atoms with Gasteiger partial charge in [0.15, 0.2) is 0 Å². The van der Waals surface area contributed by atoms with E-state index in [2.05, 4.69) is 32.6 Å².